The number of nitrogens with zero attached hydrogens (tertiary/aromatic N) is 1. The molecule has 0 aliphatic carbocycles. The van der Waals surface area contributed by atoms with E-state index in [2.05, 4.69) is 93.7 Å². The zero-order valence-electron chi connectivity index (χ0n) is 63.5. The monoisotopic (exact) mass is 1610 g/mol. The lowest BCUT2D eigenvalue weighted by Gasteiger charge is -2.31. The van der Waals surface area contributed by atoms with E-state index in [1.54, 1.807) is 102 Å². The molecule has 0 radical (unpaired) electrons. The van der Waals surface area contributed by atoms with Crippen LogP contribution in [-0.4, -0.2) is 227 Å². The van der Waals surface area contributed by atoms with Crippen molar-refractivity contribution in [2.45, 2.75) is 198 Å². The number of thiol groups is 2. The smallest absolute Gasteiger partial charge is 0.326 e. The summed E-state index contributed by atoms with van der Waals surface area (Å²) in [7, 11) is 0. The maximum Gasteiger partial charge on any atom is 0.326 e. The molecule has 2 aromatic heterocycles. The molecule has 21 N–H and O–H groups in total. The second-order valence-electron chi connectivity index (χ2n) is 28.8. The molecule has 38 heteroatoms. The molecular formula is C75H102N16O20S2. The number of nitrogens with two attached hydrogens (primary N) is 2. The highest BCUT2D eigenvalue weighted by Crippen LogP contribution is 2.25. The quantitative estimate of drug-likeness (QED) is 0.0207. The van der Waals surface area contributed by atoms with Gasteiger partial charge in [-0.2, -0.15) is 25.3 Å². The zero-order chi connectivity index (χ0) is 83.7. The molecule has 1 saturated heterocycles. The van der Waals surface area contributed by atoms with Crippen molar-refractivity contribution in [3.8, 4) is 5.75 Å². The van der Waals surface area contributed by atoms with Crippen molar-refractivity contribution in [2.75, 3.05) is 18.1 Å². The van der Waals surface area contributed by atoms with Crippen LogP contribution in [0.25, 0.3) is 21.8 Å². The molecule has 1 aliphatic heterocycles. The number of para-hydroxylation sites is 2. The van der Waals surface area contributed by atoms with Crippen molar-refractivity contribution in [1.82, 2.24) is 73.4 Å². The van der Waals surface area contributed by atoms with E-state index in [0.717, 1.165) is 0 Å². The lowest BCUT2D eigenvalue weighted by Crippen LogP contribution is -2.61. The van der Waals surface area contributed by atoms with E-state index in [-0.39, 0.29) is 68.2 Å². The Morgan fingerprint density at radius 3 is 1.43 bits per heavy atom. The predicted octanol–water partition coefficient (Wildman–Crippen LogP) is -1.04. The molecule has 13 atom stereocenters. The minimum Gasteiger partial charge on any atom is -0.508 e. The Kier molecular flexibility index (Phi) is 34.4. The van der Waals surface area contributed by atoms with Crippen LogP contribution >= 0.6 is 25.3 Å². The molecule has 36 nitrogen and oxygen atoms in total. The summed E-state index contributed by atoms with van der Waals surface area (Å²) in [5.74, 6) is -18.6. The number of phenolic OH excluding ortho intramolecular Hbond substituents is 1. The highest BCUT2D eigenvalue weighted by atomic mass is 32.1. The summed E-state index contributed by atoms with van der Waals surface area (Å²) in [5, 5.41) is 68.2. The van der Waals surface area contributed by atoms with Gasteiger partial charge in [0.1, 0.15) is 78.3 Å². The number of likely N-dealkylation sites (tertiary alicyclic amines) is 1. The van der Waals surface area contributed by atoms with E-state index in [0.29, 0.717) is 44.9 Å². The van der Waals surface area contributed by atoms with Crippen LogP contribution < -0.4 is 70.0 Å². The number of rotatable bonds is 44. The van der Waals surface area contributed by atoms with Gasteiger partial charge in [-0.3, -0.25) is 71.9 Å². The maximum absolute atomic E-state index is 15.1. The summed E-state index contributed by atoms with van der Waals surface area (Å²) >= 11 is 8.49. The number of aromatic hydroxyl groups is 1. The number of aromatic amines is 2. The largest absolute Gasteiger partial charge is 0.508 e. The van der Waals surface area contributed by atoms with Gasteiger partial charge in [0.25, 0.3) is 0 Å². The van der Waals surface area contributed by atoms with Gasteiger partial charge >= 0.3 is 17.9 Å². The zero-order valence-corrected chi connectivity index (χ0v) is 65.3. The normalized spacial score (nSPS) is 15.9. The number of hydrogen-bond acceptors (Lipinski definition) is 20. The number of H-pyrrole nitrogens is 2. The minimum atomic E-state index is -1.76. The predicted molar refractivity (Wildman–Crippen MR) is 417 cm³/mol. The first-order chi connectivity index (χ1) is 53.4. The van der Waals surface area contributed by atoms with Crippen molar-refractivity contribution < 1.29 is 97.1 Å². The van der Waals surface area contributed by atoms with Crippen LogP contribution in [0.5, 0.6) is 5.75 Å². The van der Waals surface area contributed by atoms with Gasteiger partial charge in [0, 0.05) is 84.4 Å². The number of benzene rings is 3. The van der Waals surface area contributed by atoms with Crippen LogP contribution in [0.1, 0.15) is 117 Å². The Morgan fingerprint density at radius 2 is 0.920 bits per heavy atom. The number of carbonyl (C=O) groups is 16. The maximum atomic E-state index is 15.1. The van der Waals surface area contributed by atoms with Crippen LogP contribution in [0.15, 0.2) is 85.2 Å². The fourth-order valence-corrected chi connectivity index (χ4v) is 13.1. The lowest BCUT2D eigenvalue weighted by molar-refractivity contribution is -0.143. The number of carbonyl (C=O) groups excluding carboxylic acids is 13. The van der Waals surface area contributed by atoms with E-state index < -0.39 is 211 Å². The number of phenols is 1. The third-order valence-corrected chi connectivity index (χ3v) is 19.5. The van der Waals surface area contributed by atoms with Gasteiger partial charge in [-0.25, -0.2) is 4.79 Å². The Morgan fingerprint density at radius 1 is 0.487 bits per heavy atom. The molecule has 5 aromatic rings. The van der Waals surface area contributed by atoms with Gasteiger partial charge < -0.3 is 105 Å². The average molecular weight is 1610 g/mol. The molecule has 0 bridgehead atoms. The SMILES string of the molecule is CC(C)C[C@H](NC(=O)[C@H](Cc1ccc(O)cc1)NC(=O)[C@H](Cc1c[nH]c2ccccc12)NC(=O)[C@H](CCC(=O)O)NC(=O)[C@H](C)NC(=O)[C@@H](NC(=O)[C@@H]1CCCN1C(=O)[C@H](Cc1c[nH]c2ccccc12)NC(=O)[C@H](CS)NC(=O)[C@@H](NC(=O)[C@@H](N)CCC(=O)O)C(C)C)C(C)C)C(=O)N[C@@H](CS)C(=O)N[C@@H](CC(N)=O)C(=O)O. The standard InChI is InChI=1S/C75H102N16O20S2/c1-36(2)27-50(66(101)87-55(34-112)70(105)86-54(75(110)111)31-58(77)93)82-67(102)51(28-40-18-20-43(92)21-19-40)83-68(103)52(29-41-32-78-47-15-10-8-13-44(41)47)84-65(100)49(23-25-60(96)97)81-63(98)39(7)80-72(107)61(37(3)4)90-71(106)57-17-12-26-91(57)74(109)53(30-42-33-79-48-16-11-9-14-45(42)48)85-69(104)56(35-113)88-73(108)62(38(5)6)89-64(99)46(76)22-24-59(94)95/h8-11,13-16,18-21,32-33,36-39,46,49-57,61-62,78-79,92,112-113H,12,17,22-31,34-35,76H2,1-7H3,(H2,77,93)(H,80,107)(H,81,98)(H,82,102)(H,83,103)(H,84,100)(H,85,104)(H,86,105)(H,87,101)(H,88,108)(H,89,99)(H,90,106)(H,94,95)(H,96,97)(H,110,111)/t39-,46-,49-,50-,51-,52-,53-,54-,55-,56-,57-,61-,62-/m0/s1. The van der Waals surface area contributed by atoms with Crippen LogP contribution in [0.3, 0.4) is 0 Å². The number of fused-ring (bicyclic) bond motifs is 2. The number of nitrogens with one attached hydrogen (secondary N) is 13. The van der Waals surface area contributed by atoms with Crippen molar-refractivity contribution in [1.29, 1.82) is 0 Å². The number of carboxylic acids is 3. The first-order valence-electron chi connectivity index (χ1n) is 36.8. The Hall–Kier alpha value is -11.3. The van der Waals surface area contributed by atoms with E-state index in [1.807, 2.05) is 0 Å². The van der Waals surface area contributed by atoms with Gasteiger partial charge in [0.05, 0.1) is 12.5 Å². The van der Waals surface area contributed by atoms with Gasteiger partial charge in [0.15, 0.2) is 0 Å². The fraction of sp³-hybridized carbons (Fsp3) is 0.493. The van der Waals surface area contributed by atoms with E-state index in [4.69, 9.17) is 16.6 Å². The number of primary amides is 1. The summed E-state index contributed by atoms with van der Waals surface area (Å²) in [6.45, 7) is 11.1. The molecule has 0 unspecified atom stereocenters. The van der Waals surface area contributed by atoms with E-state index in [9.17, 15) is 82.4 Å². The van der Waals surface area contributed by atoms with Crippen LogP contribution in [0.2, 0.25) is 0 Å². The number of carboxylic acid groups (broad SMARTS) is 3. The van der Waals surface area contributed by atoms with Gasteiger partial charge in [-0.1, -0.05) is 90.1 Å². The summed E-state index contributed by atoms with van der Waals surface area (Å²) in [4.78, 5) is 226. The minimum absolute atomic E-state index is 0.0165. The van der Waals surface area contributed by atoms with Gasteiger partial charge in [0.2, 0.25) is 76.8 Å². The highest BCUT2D eigenvalue weighted by molar-refractivity contribution is 7.80. The molecule has 614 valence electrons. The van der Waals surface area contributed by atoms with Crippen molar-refractivity contribution >= 4 is 142 Å². The summed E-state index contributed by atoms with van der Waals surface area (Å²) in [6.07, 6.45) is 0.0690. The Bertz CT molecular complexity index is 4270. The second-order valence-corrected chi connectivity index (χ2v) is 29.6. The van der Waals surface area contributed by atoms with Crippen molar-refractivity contribution in [3.63, 3.8) is 0 Å². The second kappa shape index (κ2) is 42.9. The van der Waals surface area contributed by atoms with Crippen LogP contribution in [0.4, 0.5) is 0 Å². The molecule has 0 saturated carbocycles. The summed E-state index contributed by atoms with van der Waals surface area (Å²) in [5.41, 5.74) is 13.9. The average Bonchev–Trinajstić information content (AvgIpc) is 1.70. The van der Waals surface area contributed by atoms with Crippen molar-refractivity contribution in [3.05, 3.63) is 102 Å². The molecule has 113 heavy (non-hydrogen) atoms. The molecule has 1 aliphatic rings. The molecule has 6 rings (SSSR count). The summed E-state index contributed by atoms with van der Waals surface area (Å²) in [6, 6.07) is 0.423. The lowest BCUT2D eigenvalue weighted by atomic mass is 9.99. The number of hydrogen-bond donors (Lipinski definition) is 21. The number of amides is 13. The molecule has 3 aromatic carbocycles. The van der Waals surface area contributed by atoms with E-state index >= 15 is 9.59 Å². The third-order valence-electron chi connectivity index (χ3n) is 18.8. The molecular weight excluding hydrogens is 1510 g/mol. The Balaban J connectivity index is 1.21. The van der Waals surface area contributed by atoms with Crippen LogP contribution in [0, 0.1) is 17.8 Å². The van der Waals surface area contributed by atoms with Gasteiger partial charge in [-0.05, 0) is 97.7 Å². The highest BCUT2D eigenvalue weighted by Gasteiger charge is 2.42. The van der Waals surface area contributed by atoms with Crippen molar-refractivity contribution in [2.24, 2.45) is 29.2 Å². The van der Waals surface area contributed by atoms with E-state index in [1.165, 1.54) is 36.1 Å². The molecule has 0 spiro atoms. The number of aliphatic carboxylic acids is 3. The van der Waals surface area contributed by atoms with Gasteiger partial charge in [-0.15, -0.1) is 0 Å². The fourth-order valence-electron chi connectivity index (χ4n) is 12.6. The Labute approximate surface area is 661 Å². The van der Waals surface area contributed by atoms with Crippen LogP contribution in [-0.2, 0) is 96.0 Å². The number of aromatic nitrogens is 2. The molecule has 1 fully saturated rings. The third kappa shape index (κ3) is 27.0. The summed E-state index contributed by atoms with van der Waals surface area (Å²) < 4.78 is 0. The first kappa shape index (κ1) is 90.6. The molecule has 13 amide bonds. The molecule has 3 heterocycles. The topological polar surface area (TPSA) is 573 Å². The first-order valence-corrected chi connectivity index (χ1v) is 38.1.